The molecule has 0 spiro atoms. The predicted octanol–water partition coefficient (Wildman–Crippen LogP) is 2.08. The largest absolute Gasteiger partial charge is 0.372 e. The van der Waals surface area contributed by atoms with Gasteiger partial charge in [-0.2, -0.15) is 0 Å². The van der Waals surface area contributed by atoms with Crippen LogP contribution in [0.25, 0.3) is 0 Å². The van der Waals surface area contributed by atoms with Crippen molar-refractivity contribution in [3.63, 3.8) is 0 Å². The molecule has 1 nitrogen and oxygen atoms in total. The zero-order valence-electron chi connectivity index (χ0n) is 6.26. The Labute approximate surface area is 61.7 Å². The SMILES string of the molecule is C=CC1=C/C(=C/C)COC1. The van der Waals surface area contributed by atoms with Gasteiger partial charge in [0.1, 0.15) is 0 Å². The van der Waals surface area contributed by atoms with Crippen molar-refractivity contribution in [3.05, 3.63) is 36.0 Å². The van der Waals surface area contributed by atoms with Gasteiger partial charge < -0.3 is 4.74 Å². The molecular formula is C9H12O. The minimum Gasteiger partial charge on any atom is -0.372 e. The Kier molecular flexibility index (Phi) is 2.46. The van der Waals surface area contributed by atoms with Crippen LogP contribution in [0.15, 0.2) is 36.0 Å². The van der Waals surface area contributed by atoms with Crippen molar-refractivity contribution in [1.82, 2.24) is 0 Å². The summed E-state index contributed by atoms with van der Waals surface area (Å²) in [7, 11) is 0. The van der Waals surface area contributed by atoms with Crippen LogP contribution in [0.5, 0.6) is 0 Å². The minimum atomic E-state index is 0.709. The smallest absolute Gasteiger partial charge is 0.0721 e. The van der Waals surface area contributed by atoms with Gasteiger partial charge in [-0.1, -0.05) is 24.8 Å². The number of hydrogen-bond acceptors (Lipinski definition) is 1. The fraction of sp³-hybridized carbons (Fsp3) is 0.333. The number of ether oxygens (including phenoxy) is 1. The molecule has 0 bridgehead atoms. The Hall–Kier alpha value is -0.820. The second-order valence-corrected chi connectivity index (χ2v) is 2.28. The van der Waals surface area contributed by atoms with Crippen LogP contribution >= 0.6 is 0 Å². The van der Waals surface area contributed by atoms with Gasteiger partial charge in [0.15, 0.2) is 0 Å². The van der Waals surface area contributed by atoms with E-state index in [-0.39, 0.29) is 0 Å². The van der Waals surface area contributed by atoms with Crippen LogP contribution in [0.4, 0.5) is 0 Å². The lowest BCUT2D eigenvalue weighted by Gasteiger charge is -2.12. The Morgan fingerprint density at radius 1 is 1.60 bits per heavy atom. The summed E-state index contributed by atoms with van der Waals surface area (Å²) in [5.41, 5.74) is 2.40. The van der Waals surface area contributed by atoms with E-state index in [0.717, 1.165) is 6.61 Å². The summed E-state index contributed by atoms with van der Waals surface area (Å²) >= 11 is 0. The Morgan fingerprint density at radius 3 is 3.00 bits per heavy atom. The van der Waals surface area contributed by atoms with Crippen molar-refractivity contribution < 1.29 is 4.74 Å². The zero-order valence-corrected chi connectivity index (χ0v) is 6.26. The lowest BCUT2D eigenvalue weighted by Crippen LogP contribution is -2.06. The fourth-order valence-corrected chi connectivity index (χ4v) is 0.893. The summed E-state index contributed by atoms with van der Waals surface area (Å²) in [5, 5.41) is 0. The number of rotatable bonds is 1. The van der Waals surface area contributed by atoms with E-state index in [9.17, 15) is 0 Å². The third kappa shape index (κ3) is 1.58. The summed E-state index contributed by atoms with van der Waals surface area (Å²) in [4.78, 5) is 0. The molecule has 0 aromatic heterocycles. The summed E-state index contributed by atoms with van der Waals surface area (Å²) < 4.78 is 5.27. The van der Waals surface area contributed by atoms with Gasteiger partial charge in [-0.3, -0.25) is 0 Å². The maximum atomic E-state index is 5.27. The van der Waals surface area contributed by atoms with E-state index in [2.05, 4.69) is 18.7 Å². The van der Waals surface area contributed by atoms with Crippen LogP contribution < -0.4 is 0 Å². The van der Waals surface area contributed by atoms with Gasteiger partial charge in [-0.15, -0.1) is 0 Å². The van der Waals surface area contributed by atoms with E-state index < -0.39 is 0 Å². The van der Waals surface area contributed by atoms with Crippen molar-refractivity contribution in [2.45, 2.75) is 6.92 Å². The van der Waals surface area contributed by atoms with Gasteiger partial charge in [0, 0.05) is 0 Å². The van der Waals surface area contributed by atoms with Crippen molar-refractivity contribution in [2.24, 2.45) is 0 Å². The molecule has 1 aliphatic rings. The van der Waals surface area contributed by atoms with E-state index in [1.54, 1.807) is 0 Å². The molecule has 0 amide bonds. The summed E-state index contributed by atoms with van der Waals surface area (Å²) in [5.74, 6) is 0. The minimum absolute atomic E-state index is 0.709. The fourth-order valence-electron chi connectivity index (χ4n) is 0.893. The molecule has 54 valence electrons. The summed E-state index contributed by atoms with van der Waals surface area (Å²) in [6.07, 6.45) is 6.02. The Bertz CT molecular complexity index is 187. The molecule has 1 rings (SSSR count). The first kappa shape index (κ1) is 7.29. The molecule has 10 heavy (non-hydrogen) atoms. The van der Waals surface area contributed by atoms with Crippen molar-refractivity contribution in [2.75, 3.05) is 13.2 Å². The lowest BCUT2D eigenvalue weighted by molar-refractivity contribution is 0.177. The van der Waals surface area contributed by atoms with Gasteiger partial charge in [0.05, 0.1) is 13.2 Å². The predicted molar refractivity (Wildman–Crippen MR) is 42.9 cm³/mol. The second-order valence-electron chi connectivity index (χ2n) is 2.28. The highest BCUT2D eigenvalue weighted by atomic mass is 16.5. The number of allylic oxidation sites excluding steroid dienone is 1. The number of hydrogen-bond donors (Lipinski definition) is 0. The second kappa shape index (κ2) is 3.37. The highest BCUT2D eigenvalue weighted by molar-refractivity contribution is 5.31. The van der Waals surface area contributed by atoms with Crippen molar-refractivity contribution in [3.8, 4) is 0 Å². The van der Waals surface area contributed by atoms with Crippen LogP contribution in [-0.2, 0) is 4.74 Å². The molecule has 0 radical (unpaired) electrons. The molecule has 0 atom stereocenters. The van der Waals surface area contributed by atoms with E-state index in [1.165, 1.54) is 11.1 Å². The molecule has 0 aromatic carbocycles. The van der Waals surface area contributed by atoms with E-state index in [1.807, 2.05) is 13.0 Å². The molecule has 0 aliphatic carbocycles. The third-order valence-corrected chi connectivity index (χ3v) is 1.54. The van der Waals surface area contributed by atoms with Crippen molar-refractivity contribution >= 4 is 0 Å². The van der Waals surface area contributed by atoms with E-state index in [0.29, 0.717) is 6.61 Å². The van der Waals surface area contributed by atoms with Gasteiger partial charge in [0.2, 0.25) is 0 Å². The molecule has 0 N–H and O–H groups in total. The Morgan fingerprint density at radius 2 is 2.40 bits per heavy atom. The van der Waals surface area contributed by atoms with E-state index in [4.69, 9.17) is 4.74 Å². The Balaban J connectivity index is 2.75. The van der Waals surface area contributed by atoms with Crippen LogP contribution in [-0.4, -0.2) is 13.2 Å². The normalized spacial score (nSPS) is 22.5. The van der Waals surface area contributed by atoms with Gasteiger partial charge in [0.25, 0.3) is 0 Å². The van der Waals surface area contributed by atoms with Gasteiger partial charge in [-0.25, -0.2) is 0 Å². The molecule has 0 saturated carbocycles. The first-order chi connectivity index (χ1) is 4.86. The molecule has 0 unspecified atom stereocenters. The highest BCUT2D eigenvalue weighted by Crippen LogP contribution is 2.11. The van der Waals surface area contributed by atoms with Crippen LogP contribution in [0.3, 0.4) is 0 Å². The quantitative estimate of drug-likeness (QED) is 0.536. The van der Waals surface area contributed by atoms with Crippen LogP contribution in [0.2, 0.25) is 0 Å². The molecule has 1 aliphatic heterocycles. The van der Waals surface area contributed by atoms with Crippen LogP contribution in [0, 0.1) is 0 Å². The first-order valence-corrected chi connectivity index (χ1v) is 3.42. The van der Waals surface area contributed by atoms with Crippen LogP contribution in [0.1, 0.15) is 6.92 Å². The molecule has 0 saturated heterocycles. The average Bonchev–Trinajstić information content (AvgIpc) is 2.05. The summed E-state index contributed by atoms with van der Waals surface area (Å²) in [6.45, 7) is 7.15. The maximum absolute atomic E-state index is 5.27. The van der Waals surface area contributed by atoms with Gasteiger partial charge >= 0.3 is 0 Å². The van der Waals surface area contributed by atoms with Crippen molar-refractivity contribution in [1.29, 1.82) is 0 Å². The third-order valence-electron chi connectivity index (χ3n) is 1.54. The maximum Gasteiger partial charge on any atom is 0.0721 e. The average molecular weight is 136 g/mol. The first-order valence-electron chi connectivity index (χ1n) is 3.42. The standard InChI is InChI=1S/C9H12O/c1-3-8-5-9(4-2)7-10-6-8/h3-5H,1,6-7H2,2H3/b9-4-. The highest BCUT2D eigenvalue weighted by Gasteiger charge is 2.02. The zero-order chi connectivity index (χ0) is 7.40. The monoisotopic (exact) mass is 136 g/mol. The van der Waals surface area contributed by atoms with E-state index >= 15 is 0 Å². The molecule has 1 heterocycles. The topological polar surface area (TPSA) is 9.23 Å². The summed E-state index contributed by atoms with van der Waals surface area (Å²) in [6, 6.07) is 0. The molecule has 0 fully saturated rings. The molecular weight excluding hydrogens is 124 g/mol. The van der Waals surface area contributed by atoms with Gasteiger partial charge in [-0.05, 0) is 18.1 Å². The molecule has 1 heteroatoms. The lowest BCUT2D eigenvalue weighted by atomic mass is 10.1. The molecule has 0 aromatic rings.